The van der Waals surface area contributed by atoms with E-state index in [1.54, 1.807) is 6.07 Å². The molecule has 0 saturated carbocycles. The van der Waals surface area contributed by atoms with Gasteiger partial charge < -0.3 is 15.8 Å². The number of oxime groups is 1. The predicted molar refractivity (Wildman–Crippen MR) is 107 cm³/mol. The van der Waals surface area contributed by atoms with Crippen LogP contribution in [0.5, 0.6) is 0 Å². The maximum absolute atomic E-state index is 12.8. The second-order valence-corrected chi connectivity index (χ2v) is 6.08. The summed E-state index contributed by atoms with van der Waals surface area (Å²) in [5.74, 6) is -0.680. The lowest BCUT2D eigenvalue weighted by Crippen LogP contribution is -2.30. The number of carbonyl (C=O) groups is 2. The van der Waals surface area contributed by atoms with E-state index in [1.165, 1.54) is 0 Å². The third-order valence-electron chi connectivity index (χ3n) is 4.14. The zero-order valence-electron chi connectivity index (χ0n) is 15.1. The number of benzene rings is 2. The number of carbonyl (C=O) groups excluding carboxylic acids is 2. The third-order valence-corrected chi connectivity index (χ3v) is 4.14. The van der Waals surface area contributed by atoms with Gasteiger partial charge in [-0.05, 0) is 18.6 Å². The number of fused-ring (bicyclic) bond motifs is 1. The van der Waals surface area contributed by atoms with E-state index < -0.39 is 5.91 Å². The molecule has 0 bridgehead atoms. The van der Waals surface area contributed by atoms with E-state index in [0.29, 0.717) is 25.1 Å². The van der Waals surface area contributed by atoms with E-state index in [-0.39, 0.29) is 5.91 Å². The first-order valence-corrected chi connectivity index (χ1v) is 8.87. The van der Waals surface area contributed by atoms with Gasteiger partial charge in [0.25, 0.3) is 11.8 Å². The topological polar surface area (TPSA) is 104 Å². The molecule has 2 amide bonds. The highest BCUT2D eigenvalue weighted by Gasteiger charge is 2.13. The van der Waals surface area contributed by atoms with Gasteiger partial charge in [0.15, 0.2) is 0 Å². The molecule has 3 aromatic rings. The summed E-state index contributed by atoms with van der Waals surface area (Å²) in [4.78, 5) is 28.6. The highest BCUT2D eigenvalue weighted by Crippen LogP contribution is 2.24. The molecule has 0 aliphatic rings. The van der Waals surface area contributed by atoms with E-state index in [9.17, 15) is 9.59 Å². The van der Waals surface area contributed by atoms with Gasteiger partial charge in [-0.2, -0.15) is 0 Å². The Morgan fingerprint density at radius 3 is 2.50 bits per heavy atom. The van der Waals surface area contributed by atoms with Gasteiger partial charge in [-0.25, -0.2) is 4.98 Å². The van der Waals surface area contributed by atoms with Crippen LogP contribution in [0, 0.1) is 0 Å². The molecule has 1 aromatic heterocycles. The van der Waals surface area contributed by atoms with Gasteiger partial charge in [0, 0.05) is 24.0 Å². The lowest BCUT2D eigenvalue weighted by Gasteiger charge is -2.11. The van der Waals surface area contributed by atoms with E-state index in [2.05, 4.69) is 20.8 Å². The molecule has 142 valence electrons. The maximum atomic E-state index is 12.8. The van der Waals surface area contributed by atoms with Crippen molar-refractivity contribution in [2.24, 2.45) is 5.16 Å². The summed E-state index contributed by atoms with van der Waals surface area (Å²) in [6.45, 7) is 0.754. The highest BCUT2D eigenvalue weighted by molar-refractivity contribution is 6.25. The fourth-order valence-corrected chi connectivity index (χ4v) is 2.82. The summed E-state index contributed by atoms with van der Waals surface area (Å²) in [5.41, 5.74) is 2.99. The monoisotopic (exact) mass is 376 g/mol. The Bertz CT molecular complexity index is 1000. The number of hydrogen-bond donors (Lipinski definition) is 3. The molecular weight excluding hydrogens is 356 g/mol. The Hall–Kier alpha value is -3.74. The van der Waals surface area contributed by atoms with E-state index in [0.717, 1.165) is 28.4 Å². The lowest BCUT2D eigenvalue weighted by atomic mass is 10.0. The van der Waals surface area contributed by atoms with Crippen LogP contribution in [-0.2, 0) is 4.79 Å². The Morgan fingerprint density at radius 2 is 1.71 bits per heavy atom. The Morgan fingerprint density at radius 1 is 1.00 bits per heavy atom. The van der Waals surface area contributed by atoms with Gasteiger partial charge in [0.2, 0.25) is 0 Å². The normalized spacial score (nSPS) is 10.9. The van der Waals surface area contributed by atoms with E-state index in [4.69, 9.17) is 5.21 Å². The van der Waals surface area contributed by atoms with Crippen LogP contribution in [0.1, 0.15) is 16.8 Å². The van der Waals surface area contributed by atoms with Crippen molar-refractivity contribution in [2.45, 2.75) is 6.42 Å². The quantitative estimate of drug-likeness (QED) is 0.255. The lowest BCUT2D eigenvalue weighted by molar-refractivity contribution is -0.114. The SMILES string of the molecule is O=C(/C=N\O)NCCCNC(=O)c1cc(-c2ccccc2)nc2ccccc12. The predicted octanol–water partition coefficient (Wildman–Crippen LogP) is 2.60. The Balaban J connectivity index is 1.74. The van der Waals surface area contributed by atoms with Crippen LogP contribution in [0.2, 0.25) is 0 Å². The van der Waals surface area contributed by atoms with Crippen molar-refractivity contribution in [1.29, 1.82) is 0 Å². The van der Waals surface area contributed by atoms with Gasteiger partial charge >= 0.3 is 0 Å². The fraction of sp³-hybridized carbons (Fsp3) is 0.143. The maximum Gasteiger partial charge on any atom is 0.265 e. The molecular formula is C21H20N4O3. The summed E-state index contributed by atoms with van der Waals surface area (Å²) >= 11 is 0. The van der Waals surface area contributed by atoms with E-state index >= 15 is 0 Å². The molecule has 3 rings (SSSR count). The molecule has 0 unspecified atom stereocenters. The second kappa shape index (κ2) is 9.27. The molecule has 7 heteroatoms. The molecule has 0 radical (unpaired) electrons. The minimum absolute atomic E-state index is 0.195. The van der Waals surface area contributed by atoms with Crippen LogP contribution < -0.4 is 10.6 Å². The second-order valence-electron chi connectivity index (χ2n) is 6.08. The van der Waals surface area contributed by atoms with Crippen LogP contribution in [0.25, 0.3) is 22.2 Å². The number of rotatable bonds is 7. The molecule has 0 atom stereocenters. The first-order valence-electron chi connectivity index (χ1n) is 8.87. The number of aromatic nitrogens is 1. The van der Waals surface area contributed by atoms with Gasteiger partial charge in [-0.3, -0.25) is 9.59 Å². The molecule has 0 aliphatic carbocycles. The van der Waals surface area contributed by atoms with Gasteiger partial charge in [-0.1, -0.05) is 53.7 Å². The van der Waals surface area contributed by atoms with Crippen molar-refractivity contribution < 1.29 is 14.8 Å². The average Bonchev–Trinajstić information content (AvgIpc) is 2.73. The molecule has 0 aliphatic heterocycles. The zero-order chi connectivity index (χ0) is 19.8. The molecule has 0 saturated heterocycles. The number of nitrogens with one attached hydrogen (secondary N) is 2. The molecule has 28 heavy (non-hydrogen) atoms. The molecule has 0 fully saturated rings. The number of nitrogens with zero attached hydrogens (tertiary/aromatic N) is 2. The smallest absolute Gasteiger partial charge is 0.265 e. The van der Waals surface area contributed by atoms with Crippen molar-refractivity contribution in [1.82, 2.24) is 15.6 Å². The average molecular weight is 376 g/mol. The van der Waals surface area contributed by atoms with E-state index in [1.807, 2.05) is 54.6 Å². The fourth-order valence-electron chi connectivity index (χ4n) is 2.82. The summed E-state index contributed by atoms with van der Waals surface area (Å²) < 4.78 is 0. The van der Waals surface area contributed by atoms with Gasteiger partial charge in [0.1, 0.15) is 6.21 Å². The largest absolute Gasteiger partial charge is 0.411 e. The molecule has 0 spiro atoms. The standard InChI is InChI=1S/C21H20N4O3/c26-20(14-24-28)22-11-6-12-23-21(27)17-13-19(15-7-2-1-3-8-15)25-18-10-5-4-9-16(17)18/h1-5,7-10,13-14,28H,6,11-12H2,(H,22,26)(H,23,27)/b24-14-. The molecule has 1 heterocycles. The Kier molecular flexibility index (Phi) is 6.30. The van der Waals surface area contributed by atoms with Crippen LogP contribution in [0.15, 0.2) is 65.8 Å². The summed E-state index contributed by atoms with van der Waals surface area (Å²) in [6, 6.07) is 19.0. The molecule has 2 aromatic carbocycles. The van der Waals surface area contributed by atoms with Crippen molar-refractivity contribution in [3.63, 3.8) is 0 Å². The number of pyridine rings is 1. The van der Waals surface area contributed by atoms with Gasteiger partial charge in [-0.15, -0.1) is 0 Å². The van der Waals surface area contributed by atoms with Crippen LogP contribution in [0.3, 0.4) is 0 Å². The first-order chi connectivity index (χ1) is 13.7. The van der Waals surface area contributed by atoms with Gasteiger partial charge in [0.05, 0.1) is 16.8 Å². The van der Waals surface area contributed by atoms with Crippen LogP contribution in [0.4, 0.5) is 0 Å². The van der Waals surface area contributed by atoms with Crippen LogP contribution >= 0.6 is 0 Å². The summed E-state index contributed by atoms with van der Waals surface area (Å²) in [5, 5.41) is 17.1. The molecule has 7 nitrogen and oxygen atoms in total. The number of para-hydroxylation sites is 1. The zero-order valence-corrected chi connectivity index (χ0v) is 15.1. The van der Waals surface area contributed by atoms with Crippen molar-refractivity contribution in [3.8, 4) is 11.3 Å². The van der Waals surface area contributed by atoms with Crippen LogP contribution in [-0.4, -0.2) is 41.3 Å². The number of hydrogen-bond acceptors (Lipinski definition) is 5. The molecule has 3 N–H and O–H groups in total. The first kappa shape index (κ1) is 19.0. The van der Waals surface area contributed by atoms with Crippen molar-refractivity contribution >= 4 is 28.9 Å². The minimum atomic E-state index is -0.485. The number of amides is 2. The minimum Gasteiger partial charge on any atom is -0.411 e. The van der Waals surface area contributed by atoms with Crippen molar-refractivity contribution in [2.75, 3.05) is 13.1 Å². The third kappa shape index (κ3) is 4.70. The Labute approximate surface area is 162 Å². The van der Waals surface area contributed by atoms with Crippen molar-refractivity contribution in [3.05, 3.63) is 66.2 Å². The summed E-state index contributed by atoms with van der Waals surface area (Å²) in [6.07, 6.45) is 1.33. The highest BCUT2D eigenvalue weighted by atomic mass is 16.4. The summed E-state index contributed by atoms with van der Waals surface area (Å²) in [7, 11) is 0.